The van der Waals surface area contributed by atoms with E-state index in [2.05, 4.69) is 10.6 Å². The Hall–Kier alpha value is -2.13. The van der Waals surface area contributed by atoms with Crippen LogP contribution < -0.4 is 15.4 Å². The molecule has 8 nitrogen and oxygen atoms in total. The standard InChI is InChI=1S/C21H31N3O5S/c1-6-21(4,5)23-20(26)15-8-7-9-24(12-15)30(27,28)18-11-17-16(10-13(18)2)22-19(25)14(3)29-17/h10-11,14-15H,6-9,12H2,1-5H3,(H,22,25)(H,23,26)/t14-,15+/m0/s1. The zero-order valence-corrected chi connectivity index (χ0v) is 19.1. The molecule has 2 aliphatic heterocycles. The first-order valence-electron chi connectivity index (χ1n) is 10.4. The van der Waals surface area contributed by atoms with Crippen molar-refractivity contribution in [2.75, 3.05) is 18.4 Å². The Labute approximate surface area is 178 Å². The summed E-state index contributed by atoms with van der Waals surface area (Å²) in [6.45, 7) is 9.73. The largest absolute Gasteiger partial charge is 0.479 e. The lowest BCUT2D eigenvalue weighted by atomic mass is 9.95. The molecule has 1 fully saturated rings. The van der Waals surface area contributed by atoms with E-state index in [0.717, 1.165) is 6.42 Å². The highest BCUT2D eigenvalue weighted by Crippen LogP contribution is 2.36. The van der Waals surface area contributed by atoms with Gasteiger partial charge in [-0.1, -0.05) is 6.92 Å². The number of anilines is 1. The maximum atomic E-state index is 13.4. The van der Waals surface area contributed by atoms with Gasteiger partial charge in [-0.15, -0.1) is 0 Å². The molecule has 3 rings (SSSR count). The lowest BCUT2D eigenvalue weighted by Gasteiger charge is -2.34. The highest BCUT2D eigenvalue weighted by molar-refractivity contribution is 7.89. The Balaban J connectivity index is 1.84. The number of carbonyl (C=O) groups is 2. The Kier molecular flexibility index (Phi) is 6.15. The van der Waals surface area contributed by atoms with Crippen molar-refractivity contribution >= 4 is 27.5 Å². The number of amides is 2. The third kappa shape index (κ3) is 4.46. The summed E-state index contributed by atoms with van der Waals surface area (Å²) in [5.74, 6) is -0.420. The number of aryl methyl sites for hydroxylation is 1. The Morgan fingerprint density at radius 2 is 2.07 bits per heavy atom. The number of piperidine rings is 1. The number of nitrogens with zero attached hydrogens (tertiary/aromatic N) is 1. The van der Waals surface area contributed by atoms with Crippen LogP contribution in [0.4, 0.5) is 5.69 Å². The molecule has 2 N–H and O–H groups in total. The number of fused-ring (bicyclic) bond motifs is 1. The number of hydrogen-bond acceptors (Lipinski definition) is 5. The van der Waals surface area contributed by atoms with Crippen molar-refractivity contribution in [3.05, 3.63) is 17.7 Å². The van der Waals surface area contributed by atoms with Gasteiger partial charge >= 0.3 is 0 Å². The molecule has 1 aromatic rings. The second-order valence-corrected chi connectivity index (χ2v) is 10.7. The summed E-state index contributed by atoms with van der Waals surface area (Å²) in [6.07, 6.45) is 1.38. The van der Waals surface area contributed by atoms with Crippen molar-refractivity contribution in [1.29, 1.82) is 0 Å². The molecule has 0 aromatic heterocycles. The van der Waals surface area contributed by atoms with Gasteiger partial charge < -0.3 is 15.4 Å². The smallest absolute Gasteiger partial charge is 0.265 e. The molecule has 0 spiro atoms. The second kappa shape index (κ2) is 8.19. The fraction of sp³-hybridized carbons (Fsp3) is 0.619. The normalized spacial score (nSPS) is 22.6. The molecule has 2 heterocycles. The highest BCUT2D eigenvalue weighted by atomic mass is 32.2. The minimum Gasteiger partial charge on any atom is -0.479 e. The predicted octanol–water partition coefficient (Wildman–Crippen LogP) is 2.42. The molecule has 166 valence electrons. The van der Waals surface area contributed by atoms with Gasteiger partial charge in [-0.3, -0.25) is 9.59 Å². The van der Waals surface area contributed by atoms with E-state index in [-0.39, 0.29) is 34.7 Å². The molecule has 2 aliphatic rings. The molecule has 2 atom stereocenters. The predicted molar refractivity (Wildman–Crippen MR) is 114 cm³/mol. The van der Waals surface area contributed by atoms with E-state index in [9.17, 15) is 18.0 Å². The monoisotopic (exact) mass is 437 g/mol. The first kappa shape index (κ1) is 22.6. The van der Waals surface area contributed by atoms with Crippen molar-refractivity contribution in [3.63, 3.8) is 0 Å². The van der Waals surface area contributed by atoms with Gasteiger partial charge in [-0.2, -0.15) is 4.31 Å². The van der Waals surface area contributed by atoms with Crippen molar-refractivity contribution < 1.29 is 22.7 Å². The first-order chi connectivity index (χ1) is 13.9. The molecule has 30 heavy (non-hydrogen) atoms. The van der Waals surface area contributed by atoms with Gasteiger partial charge in [-0.25, -0.2) is 8.42 Å². The van der Waals surface area contributed by atoms with Crippen LogP contribution in [-0.2, 0) is 19.6 Å². The van der Waals surface area contributed by atoms with Crippen LogP contribution in [0.25, 0.3) is 0 Å². The summed E-state index contributed by atoms with van der Waals surface area (Å²) in [6, 6.07) is 3.09. The Morgan fingerprint density at radius 1 is 1.37 bits per heavy atom. The molecular formula is C21H31N3O5S. The minimum atomic E-state index is -3.81. The van der Waals surface area contributed by atoms with Crippen LogP contribution in [0.15, 0.2) is 17.0 Å². The quantitative estimate of drug-likeness (QED) is 0.736. The number of hydrogen-bond donors (Lipinski definition) is 2. The van der Waals surface area contributed by atoms with E-state index in [4.69, 9.17) is 4.74 Å². The summed E-state index contributed by atoms with van der Waals surface area (Å²) in [5.41, 5.74) is 0.657. The van der Waals surface area contributed by atoms with E-state index in [1.807, 2.05) is 20.8 Å². The Morgan fingerprint density at radius 3 is 2.73 bits per heavy atom. The van der Waals surface area contributed by atoms with Crippen LogP contribution in [0.5, 0.6) is 5.75 Å². The van der Waals surface area contributed by atoms with Crippen LogP contribution >= 0.6 is 0 Å². The van der Waals surface area contributed by atoms with Crippen molar-refractivity contribution in [2.45, 2.75) is 70.4 Å². The number of carbonyl (C=O) groups excluding carboxylic acids is 2. The van der Waals surface area contributed by atoms with E-state index in [0.29, 0.717) is 36.4 Å². The van der Waals surface area contributed by atoms with Crippen molar-refractivity contribution in [2.24, 2.45) is 5.92 Å². The maximum absolute atomic E-state index is 13.4. The topological polar surface area (TPSA) is 105 Å². The number of benzene rings is 1. The molecule has 9 heteroatoms. The summed E-state index contributed by atoms with van der Waals surface area (Å²) in [7, 11) is -3.81. The average Bonchev–Trinajstić information content (AvgIpc) is 2.68. The van der Waals surface area contributed by atoms with E-state index < -0.39 is 16.1 Å². The van der Waals surface area contributed by atoms with Gasteiger partial charge in [0, 0.05) is 24.7 Å². The number of nitrogens with one attached hydrogen (secondary N) is 2. The zero-order valence-electron chi connectivity index (χ0n) is 18.2. The van der Waals surface area contributed by atoms with Gasteiger partial charge in [-0.05, 0) is 58.6 Å². The summed E-state index contributed by atoms with van der Waals surface area (Å²) in [5, 5.41) is 5.76. The highest BCUT2D eigenvalue weighted by Gasteiger charge is 2.36. The van der Waals surface area contributed by atoms with Crippen LogP contribution in [0, 0.1) is 12.8 Å². The number of rotatable bonds is 5. The summed E-state index contributed by atoms with van der Waals surface area (Å²) >= 11 is 0. The lowest BCUT2D eigenvalue weighted by molar-refractivity contribution is -0.127. The third-order valence-electron chi connectivity index (χ3n) is 5.93. The van der Waals surface area contributed by atoms with Gasteiger partial charge in [0.2, 0.25) is 15.9 Å². The lowest BCUT2D eigenvalue weighted by Crippen LogP contribution is -2.50. The minimum absolute atomic E-state index is 0.108. The van der Waals surface area contributed by atoms with Crippen molar-refractivity contribution in [3.8, 4) is 5.75 Å². The fourth-order valence-corrected chi connectivity index (χ4v) is 5.40. The van der Waals surface area contributed by atoms with Gasteiger partial charge in [0.05, 0.1) is 16.5 Å². The van der Waals surface area contributed by atoms with Gasteiger partial charge in [0.1, 0.15) is 5.75 Å². The van der Waals surface area contributed by atoms with E-state index >= 15 is 0 Å². The van der Waals surface area contributed by atoms with Crippen LogP contribution in [0.3, 0.4) is 0 Å². The summed E-state index contributed by atoms with van der Waals surface area (Å²) < 4.78 is 33.8. The van der Waals surface area contributed by atoms with Crippen LogP contribution in [-0.4, -0.2) is 49.3 Å². The van der Waals surface area contributed by atoms with E-state index in [1.165, 1.54) is 10.4 Å². The average molecular weight is 438 g/mol. The van der Waals surface area contributed by atoms with Crippen LogP contribution in [0.1, 0.15) is 52.5 Å². The number of sulfonamides is 1. The fourth-order valence-electron chi connectivity index (χ4n) is 3.66. The number of ether oxygens (including phenoxy) is 1. The molecular weight excluding hydrogens is 406 g/mol. The SMILES string of the molecule is CCC(C)(C)NC(=O)[C@@H]1CCCN(S(=O)(=O)c2cc3c(cc2C)NC(=O)[C@H](C)O3)C1. The molecule has 1 aromatic carbocycles. The first-order valence-corrected chi connectivity index (χ1v) is 11.8. The van der Waals surface area contributed by atoms with Gasteiger partial charge in [0.15, 0.2) is 6.10 Å². The molecule has 2 amide bonds. The Bertz CT molecular complexity index is 958. The molecule has 0 saturated carbocycles. The van der Waals surface area contributed by atoms with E-state index in [1.54, 1.807) is 19.9 Å². The zero-order chi connectivity index (χ0) is 22.3. The van der Waals surface area contributed by atoms with Gasteiger partial charge in [0.25, 0.3) is 5.91 Å². The molecule has 0 unspecified atom stereocenters. The molecule has 0 aliphatic carbocycles. The molecule has 0 radical (unpaired) electrons. The second-order valence-electron chi connectivity index (χ2n) is 8.79. The molecule has 1 saturated heterocycles. The van der Waals surface area contributed by atoms with Crippen LogP contribution in [0.2, 0.25) is 0 Å². The van der Waals surface area contributed by atoms with Crippen molar-refractivity contribution in [1.82, 2.24) is 9.62 Å². The maximum Gasteiger partial charge on any atom is 0.265 e. The molecule has 0 bridgehead atoms. The third-order valence-corrected chi connectivity index (χ3v) is 7.93. The summed E-state index contributed by atoms with van der Waals surface area (Å²) in [4.78, 5) is 24.7.